The first-order valence-electron chi connectivity index (χ1n) is 8.21. The zero-order valence-electron chi connectivity index (χ0n) is 12.8. The fourth-order valence-electron chi connectivity index (χ4n) is 4.23. The van der Waals surface area contributed by atoms with E-state index in [9.17, 15) is 9.90 Å². The molecule has 1 aliphatic heterocycles. The second-order valence-corrected chi connectivity index (χ2v) is 6.62. The van der Waals surface area contributed by atoms with Gasteiger partial charge in [0.1, 0.15) is 0 Å². The van der Waals surface area contributed by atoms with Gasteiger partial charge in [0.2, 0.25) is 0 Å². The van der Waals surface area contributed by atoms with Crippen LogP contribution in [0.25, 0.3) is 0 Å². The number of aliphatic carboxylic acids is 1. The van der Waals surface area contributed by atoms with Crippen molar-refractivity contribution in [3.05, 3.63) is 35.4 Å². The predicted molar refractivity (Wildman–Crippen MR) is 83.3 cm³/mol. The van der Waals surface area contributed by atoms with Crippen LogP contribution in [-0.2, 0) is 11.2 Å². The van der Waals surface area contributed by atoms with E-state index in [1.165, 1.54) is 17.5 Å². The molecule has 1 aliphatic carbocycles. The lowest BCUT2D eigenvalue weighted by Gasteiger charge is -2.41. The van der Waals surface area contributed by atoms with Gasteiger partial charge >= 0.3 is 5.97 Å². The number of likely N-dealkylation sites (tertiary alicyclic amines) is 1. The smallest absolute Gasteiger partial charge is 0.309 e. The van der Waals surface area contributed by atoms with E-state index in [-0.39, 0.29) is 0 Å². The Balaban J connectivity index is 1.71. The number of carbonyl (C=O) groups is 1. The standard InChI is InChI=1S/C18H25NO2/c1-2-9-18(17(20)21)10-12-19(13-11-18)16-8-7-14-5-3-4-6-15(14)16/h3-6,16H,2,7-13H2,1H3,(H,20,21). The van der Waals surface area contributed by atoms with Crippen LogP contribution in [0.15, 0.2) is 24.3 Å². The van der Waals surface area contributed by atoms with Gasteiger partial charge in [-0.15, -0.1) is 0 Å². The normalized spacial score (nSPS) is 24.7. The molecule has 0 aromatic heterocycles. The Bertz CT molecular complexity index is 518. The Morgan fingerprint density at radius 3 is 2.71 bits per heavy atom. The number of nitrogens with zero attached hydrogens (tertiary/aromatic N) is 1. The molecule has 1 heterocycles. The summed E-state index contributed by atoms with van der Waals surface area (Å²) in [6.45, 7) is 3.93. The monoisotopic (exact) mass is 287 g/mol. The lowest BCUT2D eigenvalue weighted by atomic mass is 9.74. The third kappa shape index (κ3) is 2.59. The minimum atomic E-state index is -0.587. The molecular formula is C18H25NO2. The van der Waals surface area contributed by atoms with Crippen LogP contribution in [0.3, 0.4) is 0 Å². The summed E-state index contributed by atoms with van der Waals surface area (Å²) in [5, 5.41) is 9.61. The lowest BCUT2D eigenvalue weighted by Crippen LogP contribution is -2.45. The average Bonchev–Trinajstić information content (AvgIpc) is 2.92. The number of benzene rings is 1. The highest BCUT2D eigenvalue weighted by Gasteiger charge is 2.42. The van der Waals surface area contributed by atoms with E-state index in [1.807, 2.05) is 0 Å². The summed E-state index contributed by atoms with van der Waals surface area (Å²) >= 11 is 0. The van der Waals surface area contributed by atoms with Crippen molar-refractivity contribution in [1.29, 1.82) is 0 Å². The van der Waals surface area contributed by atoms with Gasteiger partial charge in [0.15, 0.2) is 0 Å². The number of aryl methyl sites for hydroxylation is 1. The summed E-state index contributed by atoms with van der Waals surface area (Å²) in [5.41, 5.74) is 2.48. The number of hydrogen-bond donors (Lipinski definition) is 1. The molecule has 3 heteroatoms. The van der Waals surface area contributed by atoms with E-state index in [0.29, 0.717) is 6.04 Å². The third-order valence-electron chi connectivity index (χ3n) is 5.48. The SMILES string of the molecule is CCCC1(C(=O)O)CCN(C2CCc3ccccc32)CC1. The molecule has 3 nitrogen and oxygen atoms in total. The Labute approximate surface area is 127 Å². The molecule has 21 heavy (non-hydrogen) atoms. The van der Waals surface area contributed by atoms with E-state index >= 15 is 0 Å². The molecule has 0 amide bonds. The van der Waals surface area contributed by atoms with Gasteiger partial charge in [-0.1, -0.05) is 37.6 Å². The first-order valence-corrected chi connectivity index (χ1v) is 8.21. The molecule has 3 rings (SSSR count). The third-order valence-corrected chi connectivity index (χ3v) is 5.48. The van der Waals surface area contributed by atoms with Gasteiger partial charge in [0.25, 0.3) is 0 Å². The van der Waals surface area contributed by atoms with Gasteiger partial charge in [-0.25, -0.2) is 0 Å². The Hall–Kier alpha value is -1.35. The quantitative estimate of drug-likeness (QED) is 0.919. The molecule has 0 bridgehead atoms. The van der Waals surface area contributed by atoms with Crippen molar-refractivity contribution in [3.63, 3.8) is 0 Å². The van der Waals surface area contributed by atoms with Crippen molar-refractivity contribution >= 4 is 5.97 Å². The fraction of sp³-hybridized carbons (Fsp3) is 0.611. The minimum Gasteiger partial charge on any atom is -0.481 e. The number of hydrogen-bond acceptors (Lipinski definition) is 2. The van der Waals surface area contributed by atoms with Crippen molar-refractivity contribution < 1.29 is 9.90 Å². The van der Waals surface area contributed by atoms with Crippen molar-refractivity contribution in [2.45, 2.75) is 51.5 Å². The zero-order chi connectivity index (χ0) is 14.9. The molecule has 0 spiro atoms. The number of carboxylic acids is 1. The van der Waals surface area contributed by atoms with Gasteiger partial charge in [-0.3, -0.25) is 9.69 Å². The Morgan fingerprint density at radius 2 is 2.05 bits per heavy atom. The lowest BCUT2D eigenvalue weighted by molar-refractivity contribution is -0.153. The van der Waals surface area contributed by atoms with Crippen molar-refractivity contribution in [3.8, 4) is 0 Å². The van der Waals surface area contributed by atoms with Gasteiger partial charge in [0.05, 0.1) is 5.41 Å². The van der Waals surface area contributed by atoms with Crippen molar-refractivity contribution in [1.82, 2.24) is 4.90 Å². The van der Waals surface area contributed by atoms with E-state index in [0.717, 1.165) is 45.2 Å². The summed E-state index contributed by atoms with van der Waals surface area (Å²) in [4.78, 5) is 14.2. The van der Waals surface area contributed by atoms with Crippen LogP contribution >= 0.6 is 0 Å². The van der Waals surface area contributed by atoms with E-state index < -0.39 is 11.4 Å². The summed E-state index contributed by atoms with van der Waals surface area (Å²) in [6, 6.07) is 9.23. The summed E-state index contributed by atoms with van der Waals surface area (Å²) in [5.74, 6) is -0.587. The first-order chi connectivity index (χ1) is 10.2. The largest absolute Gasteiger partial charge is 0.481 e. The van der Waals surface area contributed by atoms with Crippen molar-refractivity contribution in [2.75, 3.05) is 13.1 Å². The number of piperidine rings is 1. The highest BCUT2D eigenvalue weighted by molar-refractivity contribution is 5.74. The Morgan fingerprint density at radius 1 is 1.33 bits per heavy atom. The Kier molecular flexibility index (Phi) is 4.03. The molecule has 1 saturated heterocycles. The molecule has 2 aliphatic rings. The molecule has 114 valence electrons. The van der Waals surface area contributed by atoms with Crippen molar-refractivity contribution in [2.24, 2.45) is 5.41 Å². The van der Waals surface area contributed by atoms with E-state index in [4.69, 9.17) is 0 Å². The number of fused-ring (bicyclic) bond motifs is 1. The van der Waals surface area contributed by atoms with Crippen LogP contribution in [0.1, 0.15) is 56.2 Å². The maximum atomic E-state index is 11.7. The van der Waals surface area contributed by atoms with Crippen LogP contribution in [0, 0.1) is 5.41 Å². The van der Waals surface area contributed by atoms with Gasteiger partial charge in [-0.2, -0.15) is 0 Å². The molecule has 1 N–H and O–H groups in total. The molecule has 1 fully saturated rings. The summed E-state index contributed by atoms with van der Waals surface area (Å²) in [6.07, 6.45) is 5.73. The molecule has 1 atom stereocenters. The highest BCUT2D eigenvalue weighted by atomic mass is 16.4. The van der Waals surface area contributed by atoms with Crippen LogP contribution in [0.2, 0.25) is 0 Å². The number of carboxylic acid groups (broad SMARTS) is 1. The second kappa shape index (κ2) is 5.80. The van der Waals surface area contributed by atoms with Gasteiger partial charge < -0.3 is 5.11 Å². The van der Waals surface area contributed by atoms with Crippen LogP contribution in [-0.4, -0.2) is 29.1 Å². The average molecular weight is 287 g/mol. The molecule has 1 unspecified atom stereocenters. The van der Waals surface area contributed by atoms with Crippen LogP contribution < -0.4 is 0 Å². The molecule has 1 aromatic rings. The second-order valence-electron chi connectivity index (χ2n) is 6.62. The maximum absolute atomic E-state index is 11.7. The topological polar surface area (TPSA) is 40.5 Å². The predicted octanol–water partition coefficient (Wildman–Crippen LogP) is 3.64. The number of rotatable bonds is 4. The molecule has 0 saturated carbocycles. The fourth-order valence-corrected chi connectivity index (χ4v) is 4.23. The van der Waals surface area contributed by atoms with Gasteiger partial charge in [-0.05, 0) is 56.3 Å². The maximum Gasteiger partial charge on any atom is 0.309 e. The highest BCUT2D eigenvalue weighted by Crippen LogP contribution is 2.42. The molecular weight excluding hydrogens is 262 g/mol. The molecule has 0 radical (unpaired) electrons. The summed E-state index contributed by atoms with van der Waals surface area (Å²) in [7, 11) is 0. The zero-order valence-corrected chi connectivity index (χ0v) is 12.8. The minimum absolute atomic E-state index is 0.469. The first kappa shape index (κ1) is 14.6. The van der Waals surface area contributed by atoms with E-state index in [2.05, 4.69) is 36.1 Å². The molecule has 1 aromatic carbocycles. The van der Waals surface area contributed by atoms with Gasteiger partial charge in [0, 0.05) is 6.04 Å². The van der Waals surface area contributed by atoms with E-state index in [1.54, 1.807) is 0 Å². The summed E-state index contributed by atoms with van der Waals surface area (Å²) < 4.78 is 0. The van der Waals surface area contributed by atoms with Crippen LogP contribution in [0.4, 0.5) is 0 Å². The van der Waals surface area contributed by atoms with Crippen LogP contribution in [0.5, 0.6) is 0 Å².